The summed E-state index contributed by atoms with van der Waals surface area (Å²) in [5.74, 6) is 1.98. The molecule has 2 aliphatic heterocycles. The zero-order chi connectivity index (χ0) is 14.3. The van der Waals surface area contributed by atoms with Gasteiger partial charge in [-0.05, 0) is 44.1 Å². The standard InChI is InChI=1S/C16H22N4O/c21-14-4-5-16(20(14)12-13-2-3-13)6-10-19(11-7-16)15-17-8-1-9-18-15/h1,8-9,13H,2-7,10-12H2. The Morgan fingerprint density at radius 1 is 1.14 bits per heavy atom. The lowest BCUT2D eigenvalue weighted by Crippen LogP contribution is -2.54. The molecule has 21 heavy (non-hydrogen) atoms. The zero-order valence-corrected chi connectivity index (χ0v) is 12.4. The summed E-state index contributed by atoms with van der Waals surface area (Å²) >= 11 is 0. The predicted octanol–water partition coefficient (Wildman–Crippen LogP) is 1.85. The van der Waals surface area contributed by atoms with Crippen LogP contribution in [0.2, 0.25) is 0 Å². The van der Waals surface area contributed by atoms with Crippen LogP contribution in [0.4, 0.5) is 5.95 Å². The van der Waals surface area contributed by atoms with Gasteiger partial charge in [0.25, 0.3) is 0 Å². The molecule has 5 heteroatoms. The van der Waals surface area contributed by atoms with Gasteiger partial charge < -0.3 is 9.80 Å². The van der Waals surface area contributed by atoms with E-state index in [9.17, 15) is 4.79 Å². The van der Waals surface area contributed by atoms with Crippen molar-refractivity contribution in [2.75, 3.05) is 24.5 Å². The van der Waals surface area contributed by atoms with Crippen molar-refractivity contribution in [1.82, 2.24) is 14.9 Å². The minimum absolute atomic E-state index is 0.130. The van der Waals surface area contributed by atoms with Crippen molar-refractivity contribution < 1.29 is 4.79 Å². The average Bonchev–Trinajstić information content (AvgIpc) is 3.31. The van der Waals surface area contributed by atoms with Gasteiger partial charge in [0.2, 0.25) is 11.9 Å². The molecule has 0 aromatic carbocycles. The highest BCUT2D eigenvalue weighted by atomic mass is 16.2. The van der Waals surface area contributed by atoms with Crippen molar-refractivity contribution >= 4 is 11.9 Å². The summed E-state index contributed by atoms with van der Waals surface area (Å²) in [6.45, 7) is 2.91. The van der Waals surface area contributed by atoms with E-state index in [1.165, 1.54) is 12.8 Å². The molecule has 0 unspecified atom stereocenters. The normalized spacial score (nSPS) is 24.9. The van der Waals surface area contributed by atoms with E-state index in [0.29, 0.717) is 5.91 Å². The van der Waals surface area contributed by atoms with Crippen LogP contribution in [0.1, 0.15) is 38.5 Å². The summed E-state index contributed by atoms with van der Waals surface area (Å²) in [6.07, 6.45) is 10.1. The Morgan fingerprint density at radius 3 is 2.52 bits per heavy atom. The number of carbonyl (C=O) groups is 1. The second-order valence-corrected chi connectivity index (χ2v) is 6.71. The van der Waals surface area contributed by atoms with E-state index < -0.39 is 0 Å². The van der Waals surface area contributed by atoms with Crippen LogP contribution in [-0.4, -0.2) is 45.9 Å². The molecule has 0 atom stereocenters. The molecule has 1 spiro atoms. The number of hydrogen-bond acceptors (Lipinski definition) is 4. The highest BCUT2D eigenvalue weighted by Crippen LogP contribution is 2.42. The molecule has 2 saturated heterocycles. The van der Waals surface area contributed by atoms with Crippen LogP contribution in [0.15, 0.2) is 18.5 Å². The summed E-state index contributed by atoms with van der Waals surface area (Å²) in [5.41, 5.74) is 0.130. The first-order valence-corrected chi connectivity index (χ1v) is 8.09. The molecule has 3 fully saturated rings. The maximum atomic E-state index is 12.3. The first-order valence-electron chi connectivity index (χ1n) is 8.09. The van der Waals surface area contributed by atoms with Gasteiger partial charge in [-0.2, -0.15) is 0 Å². The van der Waals surface area contributed by atoms with Crippen molar-refractivity contribution in [3.63, 3.8) is 0 Å². The van der Waals surface area contributed by atoms with Gasteiger partial charge in [-0.3, -0.25) is 4.79 Å². The van der Waals surface area contributed by atoms with Crippen LogP contribution >= 0.6 is 0 Å². The lowest BCUT2D eigenvalue weighted by molar-refractivity contribution is -0.132. The molecule has 1 aromatic rings. The lowest BCUT2D eigenvalue weighted by atomic mass is 9.85. The number of likely N-dealkylation sites (tertiary alicyclic amines) is 1. The Labute approximate surface area is 125 Å². The van der Waals surface area contributed by atoms with Crippen LogP contribution in [0.3, 0.4) is 0 Å². The van der Waals surface area contributed by atoms with E-state index in [1.54, 1.807) is 12.4 Å². The molecule has 1 saturated carbocycles. The monoisotopic (exact) mass is 286 g/mol. The Kier molecular flexibility index (Phi) is 3.08. The Balaban J connectivity index is 1.46. The predicted molar refractivity (Wildman–Crippen MR) is 79.9 cm³/mol. The Hall–Kier alpha value is -1.65. The van der Waals surface area contributed by atoms with Crippen molar-refractivity contribution in [3.05, 3.63) is 18.5 Å². The number of nitrogens with zero attached hydrogens (tertiary/aromatic N) is 4. The smallest absolute Gasteiger partial charge is 0.225 e. The highest BCUT2D eigenvalue weighted by Gasteiger charge is 2.48. The maximum Gasteiger partial charge on any atom is 0.225 e. The topological polar surface area (TPSA) is 49.3 Å². The molecule has 5 nitrogen and oxygen atoms in total. The minimum atomic E-state index is 0.130. The number of anilines is 1. The molecule has 3 heterocycles. The molecular formula is C16H22N4O. The largest absolute Gasteiger partial charge is 0.341 e. The van der Waals surface area contributed by atoms with Crippen molar-refractivity contribution in [2.45, 2.75) is 44.1 Å². The molecule has 1 aromatic heterocycles. The molecular weight excluding hydrogens is 264 g/mol. The summed E-state index contributed by atoms with van der Waals surface area (Å²) in [4.78, 5) is 25.4. The molecule has 0 bridgehead atoms. The summed E-state index contributed by atoms with van der Waals surface area (Å²) in [7, 11) is 0. The molecule has 112 valence electrons. The van der Waals surface area contributed by atoms with Gasteiger partial charge in [-0.1, -0.05) is 0 Å². The second kappa shape index (κ2) is 4.97. The first kappa shape index (κ1) is 13.0. The van der Waals surface area contributed by atoms with Gasteiger partial charge in [0.15, 0.2) is 0 Å². The minimum Gasteiger partial charge on any atom is -0.341 e. The number of amides is 1. The number of aromatic nitrogens is 2. The first-order chi connectivity index (χ1) is 10.3. The SMILES string of the molecule is O=C1CCC2(CCN(c3ncccn3)CC2)N1CC1CC1. The molecule has 4 rings (SSSR count). The van der Waals surface area contributed by atoms with E-state index in [1.807, 2.05) is 6.07 Å². The third kappa shape index (κ3) is 2.39. The number of hydrogen-bond donors (Lipinski definition) is 0. The summed E-state index contributed by atoms with van der Waals surface area (Å²) < 4.78 is 0. The van der Waals surface area contributed by atoms with E-state index >= 15 is 0 Å². The van der Waals surface area contributed by atoms with Crippen LogP contribution in [0, 0.1) is 5.92 Å². The summed E-state index contributed by atoms with van der Waals surface area (Å²) in [5, 5.41) is 0. The van der Waals surface area contributed by atoms with Crippen molar-refractivity contribution in [3.8, 4) is 0 Å². The van der Waals surface area contributed by atoms with Gasteiger partial charge in [-0.25, -0.2) is 9.97 Å². The molecule has 1 aliphatic carbocycles. The third-order valence-electron chi connectivity index (χ3n) is 5.34. The third-order valence-corrected chi connectivity index (χ3v) is 5.34. The van der Waals surface area contributed by atoms with E-state index in [0.717, 1.165) is 57.2 Å². The molecule has 0 N–H and O–H groups in total. The maximum absolute atomic E-state index is 12.3. The van der Waals surface area contributed by atoms with E-state index in [4.69, 9.17) is 0 Å². The van der Waals surface area contributed by atoms with E-state index in [2.05, 4.69) is 19.8 Å². The van der Waals surface area contributed by atoms with Crippen LogP contribution in [0.25, 0.3) is 0 Å². The van der Waals surface area contributed by atoms with Crippen molar-refractivity contribution in [1.29, 1.82) is 0 Å². The fourth-order valence-electron chi connectivity index (χ4n) is 3.83. The van der Waals surface area contributed by atoms with Gasteiger partial charge in [0.05, 0.1) is 0 Å². The number of carbonyl (C=O) groups excluding carboxylic acids is 1. The highest BCUT2D eigenvalue weighted by molar-refractivity contribution is 5.80. The van der Waals surface area contributed by atoms with E-state index in [-0.39, 0.29) is 5.54 Å². The summed E-state index contributed by atoms with van der Waals surface area (Å²) in [6, 6.07) is 1.85. The van der Waals surface area contributed by atoms with Crippen LogP contribution < -0.4 is 4.90 Å². The zero-order valence-electron chi connectivity index (χ0n) is 12.4. The Morgan fingerprint density at radius 2 is 1.86 bits per heavy atom. The van der Waals surface area contributed by atoms with Crippen LogP contribution in [0.5, 0.6) is 0 Å². The Bertz CT molecular complexity index is 520. The van der Waals surface area contributed by atoms with Gasteiger partial charge in [0, 0.05) is 44.0 Å². The fourth-order valence-corrected chi connectivity index (χ4v) is 3.83. The van der Waals surface area contributed by atoms with Gasteiger partial charge in [-0.15, -0.1) is 0 Å². The molecule has 0 radical (unpaired) electrons. The average molecular weight is 286 g/mol. The number of piperidine rings is 1. The lowest BCUT2D eigenvalue weighted by Gasteiger charge is -2.45. The molecule has 1 amide bonds. The van der Waals surface area contributed by atoms with Crippen LogP contribution in [-0.2, 0) is 4.79 Å². The number of rotatable bonds is 3. The fraction of sp³-hybridized carbons (Fsp3) is 0.688. The second-order valence-electron chi connectivity index (χ2n) is 6.71. The van der Waals surface area contributed by atoms with Crippen molar-refractivity contribution in [2.24, 2.45) is 5.92 Å². The quantitative estimate of drug-likeness (QED) is 0.851. The van der Waals surface area contributed by atoms with Gasteiger partial charge >= 0.3 is 0 Å². The van der Waals surface area contributed by atoms with Gasteiger partial charge in [0.1, 0.15) is 0 Å². The molecule has 3 aliphatic rings.